The third-order valence-corrected chi connectivity index (χ3v) is 3.59. The van der Waals surface area contributed by atoms with Gasteiger partial charge in [-0.2, -0.15) is 0 Å². The van der Waals surface area contributed by atoms with E-state index in [9.17, 15) is 18.0 Å². The van der Waals surface area contributed by atoms with E-state index in [0.29, 0.717) is 10.0 Å². The van der Waals surface area contributed by atoms with E-state index >= 15 is 0 Å². The highest BCUT2D eigenvalue weighted by molar-refractivity contribution is 9.10. The van der Waals surface area contributed by atoms with Gasteiger partial charge in [0.1, 0.15) is 12.4 Å². The summed E-state index contributed by atoms with van der Waals surface area (Å²) in [6, 6.07) is 12.9. The van der Waals surface area contributed by atoms with Gasteiger partial charge in [-0.25, -0.2) is 4.79 Å². The maximum Gasteiger partial charge on any atom is 0.573 e. The van der Waals surface area contributed by atoms with E-state index in [-0.39, 0.29) is 18.9 Å². The molecule has 1 amide bonds. The zero-order valence-corrected chi connectivity index (χ0v) is 14.9. The first-order valence-electron chi connectivity index (χ1n) is 7.32. The first-order chi connectivity index (χ1) is 12.3. The summed E-state index contributed by atoms with van der Waals surface area (Å²) in [6.07, 6.45) is -5.37. The predicted molar refractivity (Wildman–Crippen MR) is 92.3 cm³/mol. The maximum absolute atomic E-state index is 12.2. The number of ether oxygens (including phenoxy) is 2. The lowest BCUT2D eigenvalue weighted by molar-refractivity contribution is -0.274. The first-order valence-corrected chi connectivity index (χ1v) is 8.11. The van der Waals surface area contributed by atoms with Gasteiger partial charge in [0.25, 0.3) is 0 Å². The van der Waals surface area contributed by atoms with Crippen LogP contribution < -0.4 is 10.1 Å². The van der Waals surface area contributed by atoms with Crippen molar-refractivity contribution in [2.45, 2.75) is 13.0 Å². The molecule has 0 bridgehead atoms. The molecule has 0 radical (unpaired) electrons. The number of hydrogen-bond acceptors (Lipinski definition) is 3. The number of carbonyl (C=O) groups excluding carboxylic acids is 1. The number of hydrogen-bond donors (Lipinski definition) is 1. The summed E-state index contributed by atoms with van der Waals surface area (Å²) in [5.41, 5.74) is 1.32. The quantitative estimate of drug-likeness (QED) is 0.723. The second-order valence-corrected chi connectivity index (χ2v) is 5.76. The van der Waals surface area contributed by atoms with Gasteiger partial charge in [-0.15, -0.1) is 13.2 Å². The van der Waals surface area contributed by atoms with Crippen molar-refractivity contribution in [1.29, 1.82) is 0 Å². The van der Waals surface area contributed by atoms with E-state index in [1.54, 1.807) is 0 Å². The summed E-state index contributed by atoms with van der Waals surface area (Å²) in [7, 11) is 0. The number of nitrogens with one attached hydrogen (secondary N) is 1. The summed E-state index contributed by atoms with van der Waals surface area (Å²) in [4.78, 5) is 11.5. The van der Waals surface area contributed by atoms with E-state index in [4.69, 9.17) is 4.74 Å². The van der Waals surface area contributed by atoms with Crippen molar-refractivity contribution in [3.63, 3.8) is 0 Å². The van der Waals surface area contributed by atoms with E-state index in [1.807, 2.05) is 30.3 Å². The summed E-state index contributed by atoms with van der Waals surface area (Å²) in [6.45, 7) is 0.174. The number of carbonyl (C=O) groups is 1. The Hall–Kier alpha value is -2.66. The van der Waals surface area contributed by atoms with Crippen LogP contribution in [0.4, 0.5) is 18.0 Å². The molecule has 0 saturated heterocycles. The van der Waals surface area contributed by atoms with Crippen LogP contribution in [0.3, 0.4) is 0 Å². The minimum absolute atomic E-state index is 0.0286. The van der Waals surface area contributed by atoms with Crippen LogP contribution in [0.2, 0.25) is 0 Å². The van der Waals surface area contributed by atoms with Gasteiger partial charge in [0, 0.05) is 10.0 Å². The van der Waals surface area contributed by atoms with Gasteiger partial charge in [-0.1, -0.05) is 42.2 Å². The van der Waals surface area contributed by atoms with Gasteiger partial charge in [0.15, 0.2) is 0 Å². The fourth-order valence-electron chi connectivity index (χ4n) is 1.82. The number of alkyl carbamates (subject to hydrolysis) is 1. The maximum atomic E-state index is 12.2. The molecule has 0 heterocycles. The fourth-order valence-corrected chi connectivity index (χ4v) is 2.28. The van der Waals surface area contributed by atoms with E-state index in [1.165, 1.54) is 12.1 Å². The van der Waals surface area contributed by atoms with Crippen molar-refractivity contribution in [2.24, 2.45) is 0 Å². The molecule has 2 rings (SSSR count). The van der Waals surface area contributed by atoms with Gasteiger partial charge in [0.05, 0.1) is 6.54 Å². The Kier molecular flexibility index (Phi) is 6.92. The topological polar surface area (TPSA) is 47.6 Å². The lowest BCUT2D eigenvalue weighted by Crippen LogP contribution is -2.24. The van der Waals surface area contributed by atoms with Crippen molar-refractivity contribution in [2.75, 3.05) is 6.54 Å². The molecule has 2 aromatic carbocycles. The molecule has 0 spiro atoms. The molecular weight excluding hydrogens is 415 g/mol. The Morgan fingerprint density at radius 1 is 1.15 bits per heavy atom. The average molecular weight is 428 g/mol. The van der Waals surface area contributed by atoms with Gasteiger partial charge in [0.2, 0.25) is 0 Å². The van der Waals surface area contributed by atoms with Crippen LogP contribution in [0.1, 0.15) is 11.1 Å². The Bertz CT molecular complexity index is 814. The molecular formula is C18H13BrF3NO3. The molecule has 0 aliphatic rings. The van der Waals surface area contributed by atoms with Crippen LogP contribution in [0.25, 0.3) is 0 Å². The number of halogens is 4. The van der Waals surface area contributed by atoms with E-state index in [2.05, 4.69) is 37.8 Å². The summed E-state index contributed by atoms with van der Waals surface area (Å²) in [5.74, 6) is 5.06. The highest BCUT2D eigenvalue weighted by Gasteiger charge is 2.31. The lowest BCUT2D eigenvalue weighted by Gasteiger charge is -2.09. The fraction of sp³-hybridized carbons (Fsp3) is 0.167. The second kappa shape index (κ2) is 9.15. The smallest absolute Gasteiger partial charge is 0.445 e. The third kappa shape index (κ3) is 7.07. The number of benzene rings is 2. The van der Waals surface area contributed by atoms with Crippen molar-refractivity contribution in [1.82, 2.24) is 5.32 Å². The predicted octanol–water partition coefficient (Wildman–Crippen LogP) is 4.63. The average Bonchev–Trinajstić information content (AvgIpc) is 2.58. The monoisotopic (exact) mass is 427 g/mol. The number of amides is 1. The molecule has 0 aliphatic heterocycles. The lowest BCUT2D eigenvalue weighted by atomic mass is 10.2. The number of rotatable bonds is 4. The van der Waals surface area contributed by atoms with Crippen molar-refractivity contribution < 1.29 is 27.4 Å². The van der Waals surface area contributed by atoms with Crippen LogP contribution in [0.15, 0.2) is 53.0 Å². The number of alkyl halides is 3. The van der Waals surface area contributed by atoms with Crippen LogP contribution >= 0.6 is 15.9 Å². The van der Waals surface area contributed by atoms with Crippen molar-refractivity contribution in [3.05, 3.63) is 64.1 Å². The molecule has 0 aliphatic carbocycles. The van der Waals surface area contributed by atoms with Crippen molar-refractivity contribution >= 4 is 22.0 Å². The Balaban J connectivity index is 1.81. The van der Waals surface area contributed by atoms with Crippen molar-refractivity contribution in [3.8, 4) is 17.6 Å². The highest BCUT2D eigenvalue weighted by Crippen LogP contribution is 2.27. The van der Waals surface area contributed by atoms with E-state index in [0.717, 1.165) is 11.6 Å². The SMILES string of the molecule is O=C(NCC#Cc1ccc(OC(F)(F)F)cc1Br)OCc1ccccc1. The minimum Gasteiger partial charge on any atom is -0.445 e. The molecule has 8 heteroatoms. The Morgan fingerprint density at radius 3 is 2.54 bits per heavy atom. The van der Waals surface area contributed by atoms with Gasteiger partial charge >= 0.3 is 12.5 Å². The van der Waals surface area contributed by atoms with Crippen LogP contribution in [0, 0.1) is 11.8 Å². The molecule has 0 aromatic heterocycles. The second-order valence-electron chi connectivity index (χ2n) is 4.91. The molecule has 0 atom stereocenters. The van der Waals surface area contributed by atoms with Crippen LogP contribution in [-0.2, 0) is 11.3 Å². The summed E-state index contributed by atoms with van der Waals surface area (Å²) < 4.78 is 45.6. The molecule has 0 fully saturated rings. The Morgan fingerprint density at radius 2 is 1.88 bits per heavy atom. The van der Waals surface area contributed by atoms with Gasteiger partial charge in [-0.05, 0) is 39.7 Å². The zero-order chi connectivity index (χ0) is 19.0. The van der Waals surface area contributed by atoms with Crippen LogP contribution in [-0.4, -0.2) is 19.0 Å². The first kappa shape index (κ1) is 19.7. The highest BCUT2D eigenvalue weighted by atomic mass is 79.9. The molecule has 4 nitrogen and oxygen atoms in total. The molecule has 136 valence electrons. The van der Waals surface area contributed by atoms with Gasteiger partial charge < -0.3 is 14.8 Å². The van der Waals surface area contributed by atoms with Crippen LogP contribution in [0.5, 0.6) is 5.75 Å². The molecule has 0 saturated carbocycles. The summed E-state index contributed by atoms with van der Waals surface area (Å²) in [5, 5.41) is 2.46. The molecule has 2 aromatic rings. The summed E-state index contributed by atoms with van der Waals surface area (Å²) >= 11 is 3.12. The minimum atomic E-state index is -4.75. The van der Waals surface area contributed by atoms with Gasteiger partial charge in [-0.3, -0.25) is 0 Å². The standard InChI is InChI=1S/C18H13BrF3NO3/c19-16-11-15(26-18(20,21)22)9-8-14(16)7-4-10-23-17(24)25-12-13-5-2-1-3-6-13/h1-3,5-6,8-9,11H,10,12H2,(H,23,24). The molecule has 1 N–H and O–H groups in total. The third-order valence-electron chi connectivity index (χ3n) is 2.93. The molecule has 0 unspecified atom stereocenters. The molecule has 26 heavy (non-hydrogen) atoms. The normalized spacial score (nSPS) is 10.5. The zero-order valence-electron chi connectivity index (χ0n) is 13.3. The Labute approximate surface area is 156 Å². The largest absolute Gasteiger partial charge is 0.573 e. The van der Waals surface area contributed by atoms with E-state index < -0.39 is 12.5 Å².